The van der Waals surface area contributed by atoms with Crippen LogP contribution in [0.4, 0.5) is 5.69 Å². The second-order valence-electron chi connectivity index (χ2n) is 4.73. The maximum Gasteiger partial charge on any atom is 0.284 e. The van der Waals surface area contributed by atoms with Crippen LogP contribution < -0.4 is 10.6 Å². The molecule has 2 aromatic rings. The second kappa shape index (κ2) is 4.54. The molecule has 2 amide bonds. The van der Waals surface area contributed by atoms with Crippen molar-refractivity contribution in [3.63, 3.8) is 0 Å². The molecule has 5 nitrogen and oxygen atoms in total. The molecule has 0 spiro atoms. The van der Waals surface area contributed by atoms with Crippen molar-refractivity contribution >= 4 is 17.5 Å². The highest BCUT2D eigenvalue weighted by Gasteiger charge is 2.37. The average molecular weight is 267 g/mol. The summed E-state index contributed by atoms with van der Waals surface area (Å²) in [7, 11) is 0. The number of aromatic nitrogens is 1. The number of hydrogen-bond donors (Lipinski definition) is 1. The Kier molecular flexibility index (Phi) is 2.84. The van der Waals surface area contributed by atoms with Gasteiger partial charge >= 0.3 is 0 Å². The van der Waals surface area contributed by atoms with E-state index >= 15 is 0 Å². The molecular weight excluding hydrogens is 254 g/mol. The Morgan fingerprint density at radius 2 is 1.95 bits per heavy atom. The van der Waals surface area contributed by atoms with Gasteiger partial charge in [0.05, 0.1) is 11.3 Å². The highest BCUT2D eigenvalue weighted by molar-refractivity contribution is 6.33. The van der Waals surface area contributed by atoms with Crippen LogP contribution >= 0.6 is 0 Å². The van der Waals surface area contributed by atoms with E-state index in [1.165, 1.54) is 6.20 Å². The Hall–Kier alpha value is -2.53. The standard InChI is InChI=1S/C15H13N3O2/c1-9(16)10-4-2-5-11(8-10)18-14(19)12-6-3-7-17-13(12)15(18)20/h2-9H,16H2,1H3. The molecule has 2 heterocycles. The highest BCUT2D eigenvalue weighted by Crippen LogP contribution is 2.28. The maximum absolute atomic E-state index is 12.3. The Bertz CT molecular complexity index is 675. The highest BCUT2D eigenvalue weighted by atomic mass is 16.2. The smallest absolute Gasteiger partial charge is 0.284 e. The zero-order valence-corrected chi connectivity index (χ0v) is 10.9. The molecule has 0 saturated carbocycles. The van der Waals surface area contributed by atoms with Crippen molar-refractivity contribution in [2.24, 2.45) is 5.73 Å². The summed E-state index contributed by atoms with van der Waals surface area (Å²) in [5.41, 5.74) is 7.76. The van der Waals surface area contributed by atoms with E-state index in [1.54, 1.807) is 30.3 Å². The van der Waals surface area contributed by atoms with Crippen molar-refractivity contribution in [1.29, 1.82) is 0 Å². The van der Waals surface area contributed by atoms with Crippen LogP contribution in [0.2, 0.25) is 0 Å². The molecule has 5 heteroatoms. The van der Waals surface area contributed by atoms with E-state index in [9.17, 15) is 9.59 Å². The number of hydrogen-bond acceptors (Lipinski definition) is 4. The molecule has 1 atom stereocenters. The molecule has 0 saturated heterocycles. The van der Waals surface area contributed by atoms with Gasteiger partial charge in [-0.15, -0.1) is 0 Å². The van der Waals surface area contributed by atoms with Gasteiger partial charge in [-0.25, -0.2) is 4.90 Å². The summed E-state index contributed by atoms with van der Waals surface area (Å²) < 4.78 is 0. The van der Waals surface area contributed by atoms with Crippen LogP contribution in [0.25, 0.3) is 0 Å². The number of imide groups is 1. The van der Waals surface area contributed by atoms with Crippen LogP contribution in [-0.4, -0.2) is 16.8 Å². The third-order valence-electron chi connectivity index (χ3n) is 3.30. The van der Waals surface area contributed by atoms with Gasteiger partial charge in [0, 0.05) is 12.2 Å². The van der Waals surface area contributed by atoms with Crippen molar-refractivity contribution in [2.45, 2.75) is 13.0 Å². The number of carbonyl (C=O) groups is 2. The first kappa shape index (κ1) is 12.5. The summed E-state index contributed by atoms with van der Waals surface area (Å²) in [6, 6.07) is 10.2. The normalized spacial score (nSPS) is 15.4. The molecule has 1 aliphatic rings. The van der Waals surface area contributed by atoms with Gasteiger partial charge in [0.2, 0.25) is 0 Å². The molecule has 3 rings (SSSR count). The Morgan fingerprint density at radius 3 is 2.65 bits per heavy atom. The minimum atomic E-state index is -0.396. The molecule has 1 unspecified atom stereocenters. The minimum absolute atomic E-state index is 0.164. The fourth-order valence-electron chi connectivity index (χ4n) is 2.25. The molecule has 2 N–H and O–H groups in total. The molecular formula is C15H13N3O2. The number of nitrogens with two attached hydrogens (primary N) is 1. The van der Waals surface area contributed by atoms with E-state index in [4.69, 9.17) is 5.73 Å². The third-order valence-corrected chi connectivity index (χ3v) is 3.30. The van der Waals surface area contributed by atoms with E-state index in [-0.39, 0.29) is 17.6 Å². The van der Waals surface area contributed by atoms with Crippen LogP contribution in [0.5, 0.6) is 0 Å². The lowest BCUT2D eigenvalue weighted by atomic mass is 10.1. The Labute approximate surface area is 116 Å². The Balaban J connectivity index is 2.07. The van der Waals surface area contributed by atoms with Gasteiger partial charge in [0.15, 0.2) is 0 Å². The van der Waals surface area contributed by atoms with Crippen molar-refractivity contribution in [3.05, 3.63) is 59.4 Å². The van der Waals surface area contributed by atoms with Gasteiger partial charge in [0.25, 0.3) is 11.8 Å². The summed E-state index contributed by atoms with van der Waals surface area (Å²) in [5.74, 6) is -0.743. The Morgan fingerprint density at radius 1 is 1.15 bits per heavy atom. The predicted octanol–water partition coefficient (Wildman–Crippen LogP) is 1.90. The molecule has 20 heavy (non-hydrogen) atoms. The number of carbonyl (C=O) groups excluding carboxylic acids is 2. The number of rotatable bonds is 2. The molecule has 0 fully saturated rings. The maximum atomic E-state index is 12.3. The van der Waals surface area contributed by atoms with Crippen LogP contribution in [0.15, 0.2) is 42.6 Å². The first-order valence-corrected chi connectivity index (χ1v) is 6.29. The largest absolute Gasteiger partial charge is 0.324 e. The lowest BCUT2D eigenvalue weighted by Gasteiger charge is -2.15. The zero-order valence-electron chi connectivity index (χ0n) is 10.9. The van der Waals surface area contributed by atoms with E-state index in [0.717, 1.165) is 10.5 Å². The van der Waals surface area contributed by atoms with E-state index in [1.807, 2.05) is 13.0 Å². The number of nitrogens with zero attached hydrogens (tertiary/aromatic N) is 2. The summed E-state index contributed by atoms with van der Waals surface area (Å²) >= 11 is 0. The first-order chi connectivity index (χ1) is 9.59. The SMILES string of the molecule is CC(N)c1cccc(N2C(=O)c3cccnc3C2=O)c1. The van der Waals surface area contributed by atoms with Crippen molar-refractivity contribution in [3.8, 4) is 0 Å². The fourth-order valence-corrected chi connectivity index (χ4v) is 2.25. The number of fused-ring (bicyclic) bond motifs is 1. The van der Waals surface area contributed by atoms with Gasteiger partial charge in [-0.2, -0.15) is 0 Å². The summed E-state index contributed by atoms with van der Waals surface area (Å²) in [5, 5.41) is 0. The number of amides is 2. The molecule has 1 aromatic heterocycles. The zero-order chi connectivity index (χ0) is 14.3. The molecule has 0 aliphatic carbocycles. The third kappa shape index (κ3) is 1.80. The summed E-state index contributed by atoms with van der Waals surface area (Å²) in [6.07, 6.45) is 1.51. The molecule has 1 aromatic carbocycles. The lowest BCUT2D eigenvalue weighted by Crippen LogP contribution is -2.29. The second-order valence-corrected chi connectivity index (χ2v) is 4.73. The quantitative estimate of drug-likeness (QED) is 0.843. The fraction of sp³-hybridized carbons (Fsp3) is 0.133. The van der Waals surface area contributed by atoms with Crippen LogP contribution in [0.1, 0.15) is 39.4 Å². The van der Waals surface area contributed by atoms with E-state index in [2.05, 4.69) is 4.98 Å². The average Bonchev–Trinajstić information content (AvgIpc) is 2.72. The van der Waals surface area contributed by atoms with E-state index < -0.39 is 5.91 Å². The van der Waals surface area contributed by atoms with Crippen LogP contribution in [0.3, 0.4) is 0 Å². The van der Waals surface area contributed by atoms with Crippen molar-refractivity contribution in [2.75, 3.05) is 4.90 Å². The predicted molar refractivity (Wildman–Crippen MR) is 74.4 cm³/mol. The summed E-state index contributed by atoms with van der Waals surface area (Å²) in [4.78, 5) is 29.8. The number of benzene rings is 1. The van der Waals surface area contributed by atoms with E-state index in [0.29, 0.717) is 11.3 Å². The summed E-state index contributed by atoms with van der Waals surface area (Å²) in [6.45, 7) is 1.85. The topological polar surface area (TPSA) is 76.3 Å². The minimum Gasteiger partial charge on any atom is -0.324 e. The molecule has 1 aliphatic heterocycles. The van der Waals surface area contributed by atoms with Crippen LogP contribution in [0, 0.1) is 0 Å². The van der Waals surface area contributed by atoms with Crippen molar-refractivity contribution in [1.82, 2.24) is 4.98 Å². The number of pyridine rings is 1. The van der Waals surface area contributed by atoms with Gasteiger partial charge in [-0.1, -0.05) is 12.1 Å². The lowest BCUT2D eigenvalue weighted by molar-refractivity contribution is 0.0924. The molecule has 0 radical (unpaired) electrons. The monoisotopic (exact) mass is 267 g/mol. The van der Waals surface area contributed by atoms with Gasteiger partial charge in [-0.3, -0.25) is 14.6 Å². The van der Waals surface area contributed by atoms with Gasteiger partial charge < -0.3 is 5.73 Å². The molecule has 100 valence electrons. The number of anilines is 1. The first-order valence-electron chi connectivity index (χ1n) is 6.29. The van der Waals surface area contributed by atoms with Crippen LogP contribution in [-0.2, 0) is 0 Å². The molecule has 0 bridgehead atoms. The van der Waals surface area contributed by atoms with Gasteiger partial charge in [-0.05, 0) is 36.8 Å². The van der Waals surface area contributed by atoms with Crippen molar-refractivity contribution < 1.29 is 9.59 Å². The van der Waals surface area contributed by atoms with Gasteiger partial charge in [0.1, 0.15) is 5.69 Å².